The van der Waals surface area contributed by atoms with E-state index in [2.05, 4.69) is 34.7 Å². The van der Waals surface area contributed by atoms with Crippen molar-refractivity contribution in [3.63, 3.8) is 0 Å². The van der Waals surface area contributed by atoms with Gasteiger partial charge in [-0.1, -0.05) is 6.07 Å². The lowest BCUT2D eigenvalue weighted by Gasteiger charge is -2.25. The highest BCUT2D eigenvalue weighted by molar-refractivity contribution is 5.99. The second-order valence-electron chi connectivity index (χ2n) is 6.39. The van der Waals surface area contributed by atoms with E-state index in [9.17, 15) is 9.59 Å². The molecule has 0 aliphatic carbocycles. The first-order chi connectivity index (χ1) is 11.1. The van der Waals surface area contributed by atoms with Crippen LogP contribution < -0.4 is 10.6 Å². The van der Waals surface area contributed by atoms with Crippen molar-refractivity contribution < 1.29 is 14.3 Å². The molecular weight excluding hydrogens is 294 g/mol. The van der Waals surface area contributed by atoms with Crippen molar-refractivity contribution in [2.24, 2.45) is 0 Å². The minimum atomic E-state index is -0.950. The van der Waals surface area contributed by atoms with E-state index in [4.69, 9.17) is 4.74 Å². The first-order valence-electron chi connectivity index (χ1n) is 8.04. The second kappa shape index (κ2) is 6.68. The van der Waals surface area contributed by atoms with Crippen molar-refractivity contribution in [3.8, 4) is 0 Å². The molecule has 2 N–H and O–H groups in total. The third-order valence-corrected chi connectivity index (χ3v) is 4.78. The van der Waals surface area contributed by atoms with Gasteiger partial charge in [-0.05, 0) is 43.1 Å². The number of likely N-dealkylation sites (N-methyl/N-ethyl adjacent to an activating group) is 1. The standard InChI is InChI=1S/C17H23N3O3/c1-20-7-4-13-2-3-15(10-14(13)5-8-20)19-16(22)17(18-12-21)6-9-23-11-17/h2-3,10,12H,4-9,11H2,1H3,(H,18,21)(H,19,22)/t17-/m0/s1. The fourth-order valence-corrected chi connectivity index (χ4v) is 3.20. The Labute approximate surface area is 136 Å². The molecule has 23 heavy (non-hydrogen) atoms. The maximum atomic E-state index is 12.6. The van der Waals surface area contributed by atoms with Crippen LogP contribution in [0.3, 0.4) is 0 Å². The summed E-state index contributed by atoms with van der Waals surface area (Å²) in [7, 11) is 2.13. The van der Waals surface area contributed by atoms with E-state index in [-0.39, 0.29) is 12.5 Å². The lowest BCUT2D eigenvalue weighted by molar-refractivity contribution is -0.125. The van der Waals surface area contributed by atoms with Gasteiger partial charge in [0, 0.05) is 31.8 Å². The fourth-order valence-electron chi connectivity index (χ4n) is 3.20. The number of amides is 2. The Hall–Kier alpha value is -1.92. The number of rotatable bonds is 4. The molecule has 6 heteroatoms. The van der Waals surface area contributed by atoms with Gasteiger partial charge >= 0.3 is 0 Å². The van der Waals surface area contributed by atoms with Crippen molar-refractivity contribution in [1.29, 1.82) is 0 Å². The van der Waals surface area contributed by atoms with Crippen LogP contribution in [0.1, 0.15) is 17.5 Å². The quantitative estimate of drug-likeness (QED) is 0.796. The lowest BCUT2D eigenvalue weighted by atomic mass is 9.97. The molecule has 1 saturated heterocycles. The normalized spacial score (nSPS) is 24.6. The van der Waals surface area contributed by atoms with Crippen LogP contribution in [0, 0.1) is 0 Å². The summed E-state index contributed by atoms with van der Waals surface area (Å²) in [6, 6.07) is 6.08. The molecule has 2 aliphatic rings. The molecule has 0 unspecified atom stereocenters. The number of nitrogens with zero attached hydrogens (tertiary/aromatic N) is 1. The highest BCUT2D eigenvalue weighted by Gasteiger charge is 2.42. The number of nitrogens with one attached hydrogen (secondary N) is 2. The monoisotopic (exact) mass is 317 g/mol. The van der Waals surface area contributed by atoms with E-state index in [1.165, 1.54) is 11.1 Å². The Morgan fingerprint density at radius 2 is 2.09 bits per heavy atom. The second-order valence-corrected chi connectivity index (χ2v) is 6.39. The maximum Gasteiger partial charge on any atom is 0.252 e. The average molecular weight is 317 g/mol. The van der Waals surface area contributed by atoms with E-state index in [0.717, 1.165) is 31.6 Å². The van der Waals surface area contributed by atoms with Crippen molar-refractivity contribution >= 4 is 18.0 Å². The molecule has 1 aromatic carbocycles. The molecule has 0 bridgehead atoms. The van der Waals surface area contributed by atoms with Crippen LogP contribution >= 0.6 is 0 Å². The molecule has 1 atom stereocenters. The first-order valence-corrected chi connectivity index (χ1v) is 8.04. The van der Waals surface area contributed by atoms with Gasteiger partial charge in [0.25, 0.3) is 5.91 Å². The zero-order valence-corrected chi connectivity index (χ0v) is 13.4. The van der Waals surface area contributed by atoms with E-state index in [1.54, 1.807) is 0 Å². The van der Waals surface area contributed by atoms with Crippen molar-refractivity contribution in [2.75, 3.05) is 38.7 Å². The van der Waals surface area contributed by atoms with Gasteiger partial charge in [0.05, 0.1) is 6.61 Å². The molecule has 124 valence electrons. The molecule has 0 saturated carbocycles. The number of benzene rings is 1. The maximum absolute atomic E-state index is 12.6. The predicted octanol–water partition coefficient (Wildman–Crippen LogP) is 0.561. The highest BCUT2D eigenvalue weighted by Crippen LogP contribution is 2.23. The highest BCUT2D eigenvalue weighted by atomic mass is 16.5. The van der Waals surface area contributed by atoms with Gasteiger partial charge in [-0.3, -0.25) is 9.59 Å². The summed E-state index contributed by atoms with van der Waals surface area (Å²) in [6.45, 7) is 2.77. The SMILES string of the molecule is CN1CCc2ccc(NC(=O)[C@]3(NC=O)CCOC3)cc2CC1. The molecule has 2 aliphatic heterocycles. The Bertz CT molecular complexity index is 597. The van der Waals surface area contributed by atoms with E-state index in [0.29, 0.717) is 19.4 Å². The van der Waals surface area contributed by atoms with Crippen LogP contribution in [0.4, 0.5) is 5.69 Å². The number of ether oxygens (including phenoxy) is 1. The largest absolute Gasteiger partial charge is 0.378 e. The summed E-state index contributed by atoms with van der Waals surface area (Å²) >= 11 is 0. The summed E-state index contributed by atoms with van der Waals surface area (Å²) < 4.78 is 5.30. The number of hydrogen-bond donors (Lipinski definition) is 2. The summed E-state index contributed by atoms with van der Waals surface area (Å²) in [5, 5.41) is 5.57. The Morgan fingerprint density at radius 1 is 1.30 bits per heavy atom. The number of carbonyl (C=O) groups is 2. The molecule has 0 radical (unpaired) electrons. The zero-order chi connectivity index (χ0) is 16.3. The number of fused-ring (bicyclic) bond motifs is 1. The van der Waals surface area contributed by atoms with Crippen LogP contribution in [0.15, 0.2) is 18.2 Å². The minimum Gasteiger partial charge on any atom is -0.378 e. The molecule has 6 nitrogen and oxygen atoms in total. The molecule has 0 spiro atoms. The van der Waals surface area contributed by atoms with Gasteiger partial charge in [0.2, 0.25) is 6.41 Å². The van der Waals surface area contributed by atoms with Crippen molar-refractivity contribution in [1.82, 2.24) is 10.2 Å². The Morgan fingerprint density at radius 3 is 2.78 bits per heavy atom. The van der Waals surface area contributed by atoms with E-state index in [1.807, 2.05) is 6.07 Å². The number of hydrogen-bond acceptors (Lipinski definition) is 4. The summed E-state index contributed by atoms with van der Waals surface area (Å²) in [4.78, 5) is 25.7. The molecule has 1 aromatic rings. The third kappa shape index (κ3) is 3.38. The van der Waals surface area contributed by atoms with Gasteiger partial charge < -0.3 is 20.3 Å². The molecular formula is C17H23N3O3. The fraction of sp³-hybridized carbons (Fsp3) is 0.529. The molecule has 0 aromatic heterocycles. The van der Waals surface area contributed by atoms with Crippen LogP contribution in [0.25, 0.3) is 0 Å². The summed E-state index contributed by atoms with van der Waals surface area (Å²) in [5.74, 6) is -0.215. The van der Waals surface area contributed by atoms with Crippen LogP contribution in [0.2, 0.25) is 0 Å². The summed E-state index contributed by atoms with van der Waals surface area (Å²) in [6.07, 6.45) is 3.08. The summed E-state index contributed by atoms with van der Waals surface area (Å²) in [5.41, 5.74) is 2.45. The van der Waals surface area contributed by atoms with Gasteiger partial charge in [-0.25, -0.2) is 0 Å². The first kappa shape index (κ1) is 16.0. The predicted molar refractivity (Wildman–Crippen MR) is 87.3 cm³/mol. The van der Waals surface area contributed by atoms with Gasteiger partial charge in [-0.15, -0.1) is 0 Å². The van der Waals surface area contributed by atoms with Gasteiger partial charge in [0.1, 0.15) is 5.54 Å². The average Bonchev–Trinajstić information content (AvgIpc) is 2.94. The van der Waals surface area contributed by atoms with Crippen LogP contribution in [-0.4, -0.2) is 56.1 Å². The number of anilines is 1. The van der Waals surface area contributed by atoms with Gasteiger partial charge in [0.15, 0.2) is 0 Å². The zero-order valence-electron chi connectivity index (χ0n) is 13.4. The lowest BCUT2D eigenvalue weighted by Crippen LogP contribution is -2.54. The van der Waals surface area contributed by atoms with Crippen molar-refractivity contribution in [3.05, 3.63) is 29.3 Å². The minimum absolute atomic E-state index is 0.215. The molecule has 3 rings (SSSR count). The van der Waals surface area contributed by atoms with Crippen molar-refractivity contribution in [2.45, 2.75) is 24.8 Å². The number of carbonyl (C=O) groups excluding carboxylic acids is 2. The Balaban J connectivity index is 1.75. The smallest absolute Gasteiger partial charge is 0.252 e. The van der Waals surface area contributed by atoms with Crippen LogP contribution in [0.5, 0.6) is 0 Å². The van der Waals surface area contributed by atoms with Crippen LogP contribution in [-0.2, 0) is 27.2 Å². The van der Waals surface area contributed by atoms with E-state index >= 15 is 0 Å². The Kier molecular flexibility index (Phi) is 4.63. The molecule has 1 fully saturated rings. The topological polar surface area (TPSA) is 70.7 Å². The van der Waals surface area contributed by atoms with Gasteiger partial charge in [-0.2, -0.15) is 0 Å². The third-order valence-electron chi connectivity index (χ3n) is 4.78. The molecule has 2 heterocycles. The molecule has 2 amide bonds. The van der Waals surface area contributed by atoms with E-state index < -0.39 is 5.54 Å².